The summed E-state index contributed by atoms with van der Waals surface area (Å²) in [4.78, 5) is 11.9. The minimum atomic E-state index is -0.863. The van der Waals surface area contributed by atoms with Crippen LogP contribution in [0.1, 0.15) is 36.5 Å². The summed E-state index contributed by atoms with van der Waals surface area (Å²) in [6.45, 7) is 2.36. The van der Waals surface area contributed by atoms with E-state index in [2.05, 4.69) is 0 Å². The topological polar surface area (TPSA) is 55.8 Å². The first-order valence-electron chi connectivity index (χ1n) is 5.76. The molecule has 0 aromatic heterocycles. The first-order valence-corrected chi connectivity index (χ1v) is 5.76. The van der Waals surface area contributed by atoms with Crippen LogP contribution in [0.4, 0.5) is 0 Å². The second-order valence-corrected chi connectivity index (χ2v) is 4.35. The number of para-hydroxylation sites is 1. The number of ether oxygens (including phenoxy) is 2. The minimum absolute atomic E-state index is 0.0723. The Kier molecular flexibility index (Phi) is 3.33. The average Bonchev–Trinajstić information content (AvgIpc) is 2.29. The Morgan fingerprint density at radius 1 is 1.41 bits per heavy atom. The predicted molar refractivity (Wildman–Crippen MR) is 61.7 cm³/mol. The molecule has 0 aliphatic carbocycles. The molecule has 92 valence electrons. The monoisotopic (exact) mass is 236 g/mol. The molecule has 1 N–H and O–H groups in total. The summed E-state index contributed by atoms with van der Waals surface area (Å²) in [5.74, 6) is -1.48. The minimum Gasteiger partial charge on any atom is -0.507 e. The van der Waals surface area contributed by atoms with Crippen LogP contribution in [0.5, 0.6) is 5.75 Å². The van der Waals surface area contributed by atoms with E-state index < -0.39 is 11.8 Å². The van der Waals surface area contributed by atoms with Crippen molar-refractivity contribution in [3.8, 4) is 5.75 Å². The molecule has 1 aromatic carbocycles. The molecule has 0 radical (unpaired) electrons. The molecular weight excluding hydrogens is 220 g/mol. The Balaban J connectivity index is 2.09. The fourth-order valence-corrected chi connectivity index (χ4v) is 1.89. The highest BCUT2D eigenvalue weighted by atomic mass is 16.7. The van der Waals surface area contributed by atoms with Crippen LogP contribution in [-0.2, 0) is 9.47 Å². The van der Waals surface area contributed by atoms with Gasteiger partial charge in [-0.05, 0) is 25.0 Å². The number of hydrogen-bond donors (Lipinski definition) is 1. The third kappa shape index (κ3) is 2.77. The standard InChI is InChI=1S/C13H16O4/c1-13(8-4-5-9-16-13)17-12(15)10-6-2-3-7-11(10)14/h2-3,6-7,14H,4-5,8-9H2,1H3. The molecule has 1 unspecified atom stereocenters. The van der Waals surface area contributed by atoms with Gasteiger partial charge in [0.25, 0.3) is 0 Å². The van der Waals surface area contributed by atoms with Crippen molar-refractivity contribution in [3.63, 3.8) is 0 Å². The van der Waals surface area contributed by atoms with Crippen LogP contribution in [0, 0.1) is 0 Å². The number of hydrogen-bond acceptors (Lipinski definition) is 4. The number of carbonyl (C=O) groups excluding carboxylic acids is 1. The highest BCUT2D eigenvalue weighted by Gasteiger charge is 2.32. The van der Waals surface area contributed by atoms with Gasteiger partial charge in [0.1, 0.15) is 11.3 Å². The fourth-order valence-electron chi connectivity index (χ4n) is 1.89. The van der Waals surface area contributed by atoms with E-state index in [0.29, 0.717) is 13.0 Å². The summed E-state index contributed by atoms with van der Waals surface area (Å²) in [6.07, 6.45) is 2.65. The van der Waals surface area contributed by atoms with Crippen molar-refractivity contribution in [3.05, 3.63) is 29.8 Å². The Hall–Kier alpha value is -1.55. The summed E-state index contributed by atoms with van der Waals surface area (Å²) < 4.78 is 10.8. The predicted octanol–water partition coefficient (Wildman–Crippen LogP) is 2.47. The van der Waals surface area contributed by atoms with Gasteiger partial charge in [-0.3, -0.25) is 0 Å². The van der Waals surface area contributed by atoms with Crippen LogP contribution in [0.15, 0.2) is 24.3 Å². The van der Waals surface area contributed by atoms with Gasteiger partial charge in [0.05, 0.1) is 6.61 Å². The fraction of sp³-hybridized carbons (Fsp3) is 0.462. The number of esters is 1. The molecule has 0 spiro atoms. The summed E-state index contributed by atoms with van der Waals surface area (Å²) in [6, 6.07) is 6.33. The van der Waals surface area contributed by atoms with Crippen LogP contribution < -0.4 is 0 Å². The molecule has 17 heavy (non-hydrogen) atoms. The zero-order chi connectivity index (χ0) is 12.3. The lowest BCUT2D eigenvalue weighted by atomic mass is 10.1. The smallest absolute Gasteiger partial charge is 0.344 e. The van der Waals surface area contributed by atoms with Crippen molar-refractivity contribution in [1.29, 1.82) is 0 Å². The van der Waals surface area contributed by atoms with Gasteiger partial charge in [-0.15, -0.1) is 0 Å². The molecule has 1 fully saturated rings. The van der Waals surface area contributed by atoms with E-state index in [9.17, 15) is 9.90 Å². The van der Waals surface area contributed by atoms with Gasteiger partial charge in [-0.25, -0.2) is 4.79 Å². The Bertz CT molecular complexity index is 408. The zero-order valence-electron chi connectivity index (χ0n) is 9.81. The highest BCUT2D eigenvalue weighted by molar-refractivity contribution is 5.92. The Labute approximate surface area is 100 Å². The zero-order valence-corrected chi connectivity index (χ0v) is 9.81. The van der Waals surface area contributed by atoms with Crippen molar-refractivity contribution < 1.29 is 19.4 Å². The largest absolute Gasteiger partial charge is 0.507 e. The third-order valence-electron chi connectivity index (χ3n) is 2.87. The van der Waals surface area contributed by atoms with Gasteiger partial charge < -0.3 is 14.6 Å². The number of phenolic OH excluding ortho intramolecular Hbond substituents is 1. The van der Waals surface area contributed by atoms with E-state index >= 15 is 0 Å². The lowest BCUT2D eigenvalue weighted by molar-refractivity contribution is -0.211. The molecule has 1 aliphatic heterocycles. The Morgan fingerprint density at radius 2 is 2.18 bits per heavy atom. The number of aromatic hydroxyl groups is 1. The molecule has 4 heteroatoms. The van der Waals surface area contributed by atoms with Crippen LogP contribution in [0.2, 0.25) is 0 Å². The maximum absolute atomic E-state index is 11.9. The van der Waals surface area contributed by atoms with Crippen molar-refractivity contribution >= 4 is 5.97 Å². The number of phenols is 1. The van der Waals surface area contributed by atoms with Crippen molar-refractivity contribution in [2.24, 2.45) is 0 Å². The van der Waals surface area contributed by atoms with Crippen molar-refractivity contribution in [1.82, 2.24) is 0 Å². The highest BCUT2D eigenvalue weighted by Crippen LogP contribution is 2.28. The molecule has 1 heterocycles. The summed E-state index contributed by atoms with van der Waals surface area (Å²) in [5.41, 5.74) is 0.169. The van der Waals surface area contributed by atoms with Crippen molar-refractivity contribution in [2.75, 3.05) is 6.61 Å². The molecule has 0 saturated carbocycles. The molecule has 0 amide bonds. The molecule has 1 aliphatic rings. The molecule has 1 atom stereocenters. The molecule has 1 aromatic rings. The maximum Gasteiger partial charge on any atom is 0.344 e. The van der Waals surface area contributed by atoms with E-state index in [-0.39, 0.29) is 11.3 Å². The first-order chi connectivity index (χ1) is 8.11. The molecule has 4 nitrogen and oxygen atoms in total. The second-order valence-electron chi connectivity index (χ2n) is 4.35. The quantitative estimate of drug-likeness (QED) is 0.801. The first kappa shape index (κ1) is 11.9. The SMILES string of the molecule is CC1(OC(=O)c2ccccc2O)CCCCO1. The van der Waals surface area contributed by atoms with Crippen LogP contribution in [0.3, 0.4) is 0 Å². The van der Waals surface area contributed by atoms with Gasteiger partial charge in [0.15, 0.2) is 0 Å². The van der Waals surface area contributed by atoms with E-state index in [1.165, 1.54) is 12.1 Å². The summed E-state index contributed by atoms with van der Waals surface area (Å²) in [7, 11) is 0. The Morgan fingerprint density at radius 3 is 2.82 bits per heavy atom. The summed E-state index contributed by atoms with van der Waals surface area (Å²) >= 11 is 0. The lowest BCUT2D eigenvalue weighted by Crippen LogP contribution is -2.38. The number of carbonyl (C=O) groups is 1. The number of rotatable bonds is 2. The van der Waals surface area contributed by atoms with Gasteiger partial charge in [0.2, 0.25) is 5.79 Å². The van der Waals surface area contributed by atoms with Crippen LogP contribution in [0.25, 0.3) is 0 Å². The summed E-state index contributed by atoms with van der Waals surface area (Å²) in [5, 5.41) is 9.55. The second kappa shape index (κ2) is 4.75. The van der Waals surface area contributed by atoms with E-state index in [1.54, 1.807) is 19.1 Å². The van der Waals surface area contributed by atoms with Gasteiger partial charge >= 0.3 is 5.97 Å². The average molecular weight is 236 g/mol. The van der Waals surface area contributed by atoms with Gasteiger partial charge in [-0.2, -0.15) is 0 Å². The molecule has 0 bridgehead atoms. The van der Waals surface area contributed by atoms with Gasteiger partial charge in [0, 0.05) is 13.3 Å². The number of benzene rings is 1. The van der Waals surface area contributed by atoms with E-state index in [0.717, 1.165) is 12.8 Å². The lowest BCUT2D eigenvalue weighted by Gasteiger charge is -2.33. The maximum atomic E-state index is 11.9. The third-order valence-corrected chi connectivity index (χ3v) is 2.87. The normalized spacial score (nSPS) is 24.3. The van der Waals surface area contributed by atoms with E-state index in [1.807, 2.05) is 0 Å². The molecular formula is C13H16O4. The molecule has 2 rings (SSSR count). The van der Waals surface area contributed by atoms with Gasteiger partial charge in [-0.1, -0.05) is 12.1 Å². The van der Waals surface area contributed by atoms with E-state index in [4.69, 9.17) is 9.47 Å². The van der Waals surface area contributed by atoms with Crippen LogP contribution >= 0.6 is 0 Å². The van der Waals surface area contributed by atoms with Crippen LogP contribution in [-0.4, -0.2) is 23.5 Å². The molecule has 1 saturated heterocycles. The van der Waals surface area contributed by atoms with Crippen molar-refractivity contribution in [2.45, 2.75) is 32.0 Å².